The Labute approximate surface area is 132 Å². The maximum Gasteiger partial charge on any atom is 0.258 e. The number of aromatic amines is 1. The molecule has 5 nitrogen and oxygen atoms in total. The fourth-order valence-electron chi connectivity index (χ4n) is 2.02. The molecule has 0 aliphatic heterocycles. The van der Waals surface area contributed by atoms with Crippen molar-refractivity contribution in [1.29, 1.82) is 0 Å². The molecule has 0 aliphatic carbocycles. The third kappa shape index (κ3) is 2.96. The zero-order chi connectivity index (χ0) is 15.5. The SMILES string of the molecule is Cc1nc(-c2ccc(NC(=O)c3ccc[nH]c3=S)cc2)co1. The van der Waals surface area contributed by atoms with Gasteiger partial charge < -0.3 is 14.7 Å². The number of anilines is 1. The van der Waals surface area contributed by atoms with E-state index in [0.717, 1.165) is 11.3 Å². The highest BCUT2D eigenvalue weighted by atomic mass is 32.1. The van der Waals surface area contributed by atoms with Crippen molar-refractivity contribution in [2.45, 2.75) is 6.92 Å². The summed E-state index contributed by atoms with van der Waals surface area (Å²) < 4.78 is 5.60. The smallest absolute Gasteiger partial charge is 0.258 e. The maximum atomic E-state index is 12.2. The van der Waals surface area contributed by atoms with E-state index in [4.69, 9.17) is 16.6 Å². The summed E-state index contributed by atoms with van der Waals surface area (Å²) in [6.07, 6.45) is 3.29. The molecule has 0 saturated heterocycles. The quantitative estimate of drug-likeness (QED) is 0.718. The van der Waals surface area contributed by atoms with E-state index in [1.54, 1.807) is 31.5 Å². The van der Waals surface area contributed by atoms with Crippen molar-refractivity contribution >= 4 is 23.8 Å². The number of oxazole rings is 1. The predicted octanol–water partition coefficient (Wildman–Crippen LogP) is 3.96. The maximum absolute atomic E-state index is 12.2. The second kappa shape index (κ2) is 5.95. The number of carbonyl (C=O) groups excluding carboxylic acids is 1. The molecule has 1 aromatic carbocycles. The van der Waals surface area contributed by atoms with Gasteiger partial charge in [-0.3, -0.25) is 4.79 Å². The highest BCUT2D eigenvalue weighted by Crippen LogP contribution is 2.21. The fourth-order valence-corrected chi connectivity index (χ4v) is 2.25. The highest BCUT2D eigenvalue weighted by Gasteiger charge is 2.08. The molecule has 0 bridgehead atoms. The average Bonchev–Trinajstić information content (AvgIpc) is 2.95. The van der Waals surface area contributed by atoms with E-state index in [9.17, 15) is 4.79 Å². The van der Waals surface area contributed by atoms with E-state index in [0.29, 0.717) is 21.8 Å². The third-order valence-corrected chi connectivity index (χ3v) is 3.46. The van der Waals surface area contributed by atoms with Crippen molar-refractivity contribution in [1.82, 2.24) is 9.97 Å². The molecule has 2 N–H and O–H groups in total. The lowest BCUT2D eigenvalue weighted by Gasteiger charge is -2.06. The van der Waals surface area contributed by atoms with Crippen LogP contribution in [0.2, 0.25) is 0 Å². The number of pyridine rings is 1. The number of carbonyl (C=O) groups is 1. The Morgan fingerprint density at radius 2 is 2.05 bits per heavy atom. The lowest BCUT2D eigenvalue weighted by atomic mass is 10.1. The summed E-state index contributed by atoms with van der Waals surface area (Å²) in [5.74, 6) is 0.373. The monoisotopic (exact) mass is 311 g/mol. The van der Waals surface area contributed by atoms with Crippen LogP contribution >= 0.6 is 12.2 Å². The Morgan fingerprint density at radius 3 is 2.68 bits per heavy atom. The van der Waals surface area contributed by atoms with Crippen LogP contribution in [0.3, 0.4) is 0 Å². The molecule has 2 aromatic heterocycles. The lowest BCUT2D eigenvalue weighted by Crippen LogP contribution is -2.12. The predicted molar refractivity (Wildman–Crippen MR) is 86.3 cm³/mol. The molecular formula is C16H13N3O2S. The first kappa shape index (κ1) is 14.2. The van der Waals surface area contributed by atoms with Gasteiger partial charge in [0.05, 0.1) is 5.56 Å². The summed E-state index contributed by atoms with van der Waals surface area (Å²) in [6.45, 7) is 1.79. The van der Waals surface area contributed by atoms with Gasteiger partial charge in [0, 0.05) is 24.4 Å². The summed E-state index contributed by atoms with van der Waals surface area (Å²) in [6, 6.07) is 10.8. The lowest BCUT2D eigenvalue weighted by molar-refractivity contribution is 0.102. The molecule has 0 aliphatic rings. The molecule has 0 fully saturated rings. The largest absolute Gasteiger partial charge is 0.449 e. The number of H-pyrrole nitrogens is 1. The number of amides is 1. The molecule has 6 heteroatoms. The van der Waals surface area contributed by atoms with Crippen molar-refractivity contribution in [3.05, 3.63) is 65.0 Å². The van der Waals surface area contributed by atoms with Crippen LogP contribution in [0.4, 0.5) is 5.69 Å². The second-order valence-electron chi connectivity index (χ2n) is 4.70. The fraction of sp³-hybridized carbons (Fsp3) is 0.0625. The number of rotatable bonds is 3. The summed E-state index contributed by atoms with van der Waals surface area (Å²) in [4.78, 5) is 19.3. The Kier molecular flexibility index (Phi) is 3.84. The average molecular weight is 311 g/mol. The van der Waals surface area contributed by atoms with Crippen molar-refractivity contribution in [2.24, 2.45) is 0 Å². The topological polar surface area (TPSA) is 70.9 Å². The minimum Gasteiger partial charge on any atom is -0.449 e. The van der Waals surface area contributed by atoms with Crippen molar-refractivity contribution < 1.29 is 9.21 Å². The van der Waals surface area contributed by atoms with Gasteiger partial charge in [-0.2, -0.15) is 0 Å². The van der Waals surface area contributed by atoms with Crippen LogP contribution < -0.4 is 5.32 Å². The summed E-state index contributed by atoms with van der Waals surface area (Å²) in [5.41, 5.74) is 2.81. The zero-order valence-electron chi connectivity index (χ0n) is 11.8. The number of nitrogens with one attached hydrogen (secondary N) is 2. The highest BCUT2D eigenvalue weighted by molar-refractivity contribution is 7.71. The molecule has 0 atom stereocenters. The van der Waals surface area contributed by atoms with Crippen LogP contribution in [0.15, 0.2) is 53.3 Å². The number of nitrogens with zero attached hydrogens (tertiary/aromatic N) is 1. The van der Waals surface area contributed by atoms with E-state index in [1.807, 2.05) is 24.3 Å². The summed E-state index contributed by atoms with van der Waals surface area (Å²) in [5, 5.41) is 2.81. The third-order valence-electron chi connectivity index (χ3n) is 3.12. The Bertz CT molecular complexity index is 865. The minimum absolute atomic E-state index is 0.244. The van der Waals surface area contributed by atoms with Gasteiger partial charge in [-0.05, 0) is 24.3 Å². The normalized spacial score (nSPS) is 10.4. The number of aryl methyl sites for hydroxylation is 1. The Hall–Kier alpha value is -2.73. The molecule has 2 heterocycles. The number of hydrogen-bond acceptors (Lipinski definition) is 4. The molecular weight excluding hydrogens is 298 g/mol. The summed E-state index contributed by atoms with van der Waals surface area (Å²) in [7, 11) is 0. The molecule has 22 heavy (non-hydrogen) atoms. The number of hydrogen-bond donors (Lipinski definition) is 2. The molecule has 3 rings (SSSR count). The van der Waals surface area contributed by atoms with Crippen LogP contribution in [0.5, 0.6) is 0 Å². The Morgan fingerprint density at radius 1 is 1.27 bits per heavy atom. The van der Waals surface area contributed by atoms with Crippen LogP contribution in [-0.4, -0.2) is 15.9 Å². The number of benzene rings is 1. The second-order valence-corrected chi connectivity index (χ2v) is 5.10. The summed E-state index contributed by atoms with van der Waals surface area (Å²) >= 11 is 5.10. The van der Waals surface area contributed by atoms with Gasteiger partial charge in [-0.25, -0.2) is 4.98 Å². The van der Waals surface area contributed by atoms with E-state index in [2.05, 4.69) is 15.3 Å². The van der Waals surface area contributed by atoms with Crippen molar-refractivity contribution in [2.75, 3.05) is 5.32 Å². The minimum atomic E-state index is -0.244. The first-order chi connectivity index (χ1) is 10.6. The van der Waals surface area contributed by atoms with Crippen molar-refractivity contribution in [3.63, 3.8) is 0 Å². The van der Waals surface area contributed by atoms with E-state index < -0.39 is 0 Å². The standard InChI is InChI=1S/C16H13N3O2S/c1-10-18-14(9-21-10)11-4-6-12(7-5-11)19-15(20)13-3-2-8-17-16(13)22/h2-9H,1H3,(H,17,22)(H,19,20). The molecule has 3 aromatic rings. The van der Waals surface area contributed by atoms with Crippen LogP contribution in [-0.2, 0) is 0 Å². The molecule has 0 unspecified atom stereocenters. The van der Waals surface area contributed by atoms with Gasteiger partial charge in [0.25, 0.3) is 5.91 Å². The zero-order valence-corrected chi connectivity index (χ0v) is 12.6. The Balaban J connectivity index is 1.78. The van der Waals surface area contributed by atoms with Crippen molar-refractivity contribution in [3.8, 4) is 11.3 Å². The van der Waals surface area contributed by atoms with Crippen LogP contribution in [0.25, 0.3) is 11.3 Å². The molecule has 1 amide bonds. The van der Waals surface area contributed by atoms with Gasteiger partial charge in [-0.1, -0.05) is 24.4 Å². The first-order valence-electron chi connectivity index (χ1n) is 6.65. The van der Waals surface area contributed by atoms with E-state index in [-0.39, 0.29) is 5.91 Å². The van der Waals surface area contributed by atoms with E-state index >= 15 is 0 Å². The van der Waals surface area contributed by atoms with Crippen LogP contribution in [0.1, 0.15) is 16.2 Å². The molecule has 0 spiro atoms. The van der Waals surface area contributed by atoms with Gasteiger partial charge in [0.1, 0.15) is 16.6 Å². The molecule has 0 radical (unpaired) electrons. The van der Waals surface area contributed by atoms with Gasteiger partial charge in [0.15, 0.2) is 5.89 Å². The van der Waals surface area contributed by atoms with Gasteiger partial charge in [0.2, 0.25) is 0 Å². The number of aromatic nitrogens is 2. The van der Waals surface area contributed by atoms with E-state index in [1.165, 1.54) is 0 Å². The molecule has 0 saturated carbocycles. The van der Waals surface area contributed by atoms with Crippen LogP contribution in [0, 0.1) is 11.6 Å². The molecule has 110 valence electrons. The van der Waals surface area contributed by atoms with Gasteiger partial charge in [-0.15, -0.1) is 0 Å². The van der Waals surface area contributed by atoms with Gasteiger partial charge >= 0.3 is 0 Å². The first-order valence-corrected chi connectivity index (χ1v) is 7.06.